The van der Waals surface area contributed by atoms with Crippen LogP contribution in [0.3, 0.4) is 0 Å². The third-order valence-electron chi connectivity index (χ3n) is 4.47. The van der Waals surface area contributed by atoms with Gasteiger partial charge in [0.25, 0.3) is 0 Å². The molecule has 1 aliphatic carbocycles. The van der Waals surface area contributed by atoms with Crippen LogP contribution in [0.1, 0.15) is 65.2 Å². The first-order valence-electron chi connectivity index (χ1n) is 8.17. The fraction of sp³-hybridized carbons (Fsp3) is 0.875. The largest absolute Gasteiger partial charge is 0.369 e. The molecule has 2 amide bonds. The number of primary amides is 1. The number of rotatable bonds is 9. The van der Waals surface area contributed by atoms with Crippen LogP contribution in [-0.2, 0) is 9.59 Å². The van der Waals surface area contributed by atoms with Crippen molar-refractivity contribution < 1.29 is 9.59 Å². The predicted octanol–water partition coefficient (Wildman–Crippen LogP) is 2.61. The summed E-state index contributed by atoms with van der Waals surface area (Å²) in [5.41, 5.74) is 5.57. The molecule has 1 rings (SSSR count). The second-order valence-corrected chi connectivity index (χ2v) is 6.04. The third kappa shape index (κ3) is 5.14. The van der Waals surface area contributed by atoms with Gasteiger partial charge in [0, 0.05) is 18.4 Å². The van der Waals surface area contributed by atoms with Crippen LogP contribution in [0, 0.1) is 17.8 Å². The van der Waals surface area contributed by atoms with E-state index in [0.29, 0.717) is 12.5 Å². The summed E-state index contributed by atoms with van der Waals surface area (Å²) in [6.07, 6.45) is 8.42. The van der Waals surface area contributed by atoms with Crippen LogP contribution < -0.4 is 11.1 Å². The number of carbonyl (C=O) groups is 2. The van der Waals surface area contributed by atoms with Crippen molar-refractivity contribution in [3.05, 3.63) is 0 Å². The van der Waals surface area contributed by atoms with Gasteiger partial charge in [-0.3, -0.25) is 9.59 Å². The normalized spacial score (nSPS) is 18.7. The summed E-state index contributed by atoms with van der Waals surface area (Å²) in [4.78, 5) is 24.1. The summed E-state index contributed by atoms with van der Waals surface area (Å²) >= 11 is 0. The van der Waals surface area contributed by atoms with E-state index in [4.69, 9.17) is 5.73 Å². The first-order valence-corrected chi connectivity index (χ1v) is 8.17. The average Bonchev–Trinajstić information content (AvgIpc) is 2.90. The summed E-state index contributed by atoms with van der Waals surface area (Å²) in [6.45, 7) is 4.62. The third-order valence-corrected chi connectivity index (χ3v) is 4.47. The summed E-state index contributed by atoms with van der Waals surface area (Å²) in [6, 6.07) is 0. The highest BCUT2D eigenvalue weighted by molar-refractivity contribution is 5.86. The minimum atomic E-state index is -0.312. The second-order valence-electron chi connectivity index (χ2n) is 6.04. The molecule has 2 atom stereocenters. The Kier molecular flexibility index (Phi) is 7.63. The van der Waals surface area contributed by atoms with Gasteiger partial charge in [-0.05, 0) is 25.7 Å². The molecule has 3 N–H and O–H groups in total. The van der Waals surface area contributed by atoms with Gasteiger partial charge in [-0.25, -0.2) is 0 Å². The Morgan fingerprint density at radius 3 is 2.35 bits per heavy atom. The van der Waals surface area contributed by atoms with Gasteiger partial charge in [-0.1, -0.05) is 45.4 Å². The first kappa shape index (κ1) is 17.0. The van der Waals surface area contributed by atoms with E-state index in [1.54, 1.807) is 0 Å². The monoisotopic (exact) mass is 282 g/mol. The lowest BCUT2D eigenvalue weighted by Gasteiger charge is -2.26. The lowest BCUT2D eigenvalue weighted by Crippen LogP contribution is -2.41. The van der Waals surface area contributed by atoms with Gasteiger partial charge < -0.3 is 11.1 Å². The molecule has 1 saturated carbocycles. The van der Waals surface area contributed by atoms with Gasteiger partial charge in [0.1, 0.15) is 0 Å². The average molecular weight is 282 g/mol. The van der Waals surface area contributed by atoms with Crippen molar-refractivity contribution in [1.82, 2.24) is 5.32 Å². The highest BCUT2D eigenvalue weighted by atomic mass is 16.2. The Bertz CT molecular complexity index is 312. The van der Waals surface area contributed by atoms with Crippen molar-refractivity contribution in [2.24, 2.45) is 23.5 Å². The van der Waals surface area contributed by atoms with E-state index in [9.17, 15) is 9.59 Å². The van der Waals surface area contributed by atoms with Gasteiger partial charge in [-0.15, -0.1) is 0 Å². The quantitative estimate of drug-likeness (QED) is 0.682. The number of hydrogen-bond acceptors (Lipinski definition) is 2. The van der Waals surface area contributed by atoms with Crippen LogP contribution in [0.25, 0.3) is 0 Å². The highest BCUT2D eigenvalue weighted by Gasteiger charge is 2.34. The van der Waals surface area contributed by atoms with E-state index in [1.165, 1.54) is 25.7 Å². The number of hydrogen-bond donors (Lipinski definition) is 2. The topological polar surface area (TPSA) is 72.2 Å². The lowest BCUT2D eigenvalue weighted by molar-refractivity contribution is -0.134. The van der Waals surface area contributed by atoms with Gasteiger partial charge in [0.05, 0.1) is 0 Å². The molecular weight excluding hydrogens is 252 g/mol. The smallest absolute Gasteiger partial charge is 0.223 e. The lowest BCUT2D eigenvalue weighted by atomic mass is 9.80. The van der Waals surface area contributed by atoms with Crippen molar-refractivity contribution in [1.29, 1.82) is 0 Å². The molecule has 4 heteroatoms. The number of nitrogens with two attached hydrogens (primary N) is 1. The maximum absolute atomic E-state index is 12.3. The number of nitrogens with one attached hydrogen (secondary N) is 1. The Morgan fingerprint density at radius 2 is 1.85 bits per heavy atom. The zero-order valence-electron chi connectivity index (χ0n) is 13.0. The van der Waals surface area contributed by atoms with E-state index in [0.717, 1.165) is 25.7 Å². The molecule has 0 aromatic heterocycles. The Labute approximate surface area is 122 Å². The standard InChI is InChI=1S/C16H30N2O2/c1-3-5-10-13(15(17)19)14(16(20)18-4-2)11-12-8-6-7-9-12/h12-14H,3-11H2,1-2H3,(H2,17,19)(H,18,20)/t13-,14?/m0/s1. The summed E-state index contributed by atoms with van der Waals surface area (Å²) in [7, 11) is 0. The van der Waals surface area contributed by atoms with Crippen LogP contribution in [0.15, 0.2) is 0 Å². The molecule has 0 aliphatic heterocycles. The maximum Gasteiger partial charge on any atom is 0.223 e. The minimum Gasteiger partial charge on any atom is -0.369 e. The van der Waals surface area contributed by atoms with E-state index in [-0.39, 0.29) is 23.7 Å². The molecule has 116 valence electrons. The highest BCUT2D eigenvalue weighted by Crippen LogP contribution is 2.34. The minimum absolute atomic E-state index is 0.0132. The summed E-state index contributed by atoms with van der Waals surface area (Å²) in [5.74, 6) is -0.248. The zero-order valence-corrected chi connectivity index (χ0v) is 13.0. The van der Waals surface area contributed by atoms with E-state index < -0.39 is 0 Å². The first-order chi connectivity index (χ1) is 9.60. The van der Waals surface area contributed by atoms with Gasteiger partial charge >= 0.3 is 0 Å². The number of carbonyl (C=O) groups excluding carboxylic acids is 2. The molecule has 4 nitrogen and oxygen atoms in total. The molecular formula is C16H30N2O2. The van der Waals surface area contributed by atoms with Crippen molar-refractivity contribution in [2.45, 2.75) is 65.2 Å². The maximum atomic E-state index is 12.3. The number of unbranched alkanes of at least 4 members (excludes halogenated alkanes) is 1. The molecule has 20 heavy (non-hydrogen) atoms. The Morgan fingerprint density at radius 1 is 1.20 bits per heavy atom. The molecule has 0 saturated heterocycles. The summed E-state index contributed by atoms with van der Waals surface area (Å²) in [5, 5.41) is 2.88. The van der Waals surface area contributed by atoms with Crippen molar-refractivity contribution >= 4 is 11.8 Å². The summed E-state index contributed by atoms with van der Waals surface area (Å²) < 4.78 is 0. The molecule has 1 fully saturated rings. The van der Waals surface area contributed by atoms with Crippen molar-refractivity contribution in [2.75, 3.05) is 6.54 Å². The van der Waals surface area contributed by atoms with Crippen LogP contribution in [0.4, 0.5) is 0 Å². The molecule has 0 aromatic carbocycles. The molecule has 0 heterocycles. The van der Waals surface area contributed by atoms with E-state index in [1.807, 2.05) is 6.92 Å². The van der Waals surface area contributed by atoms with Crippen LogP contribution in [0.2, 0.25) is 0 Å². The molecule has 0 spiro atoms. The fourth-order valence-corrected chi connectivity index (χ4v) is 3.33. The Hall–Kier alpha value is -1.06. The van der Waals surface area contributed by atoms with Crippen molar-refractivity contribution in [3.63, 3.8) is 0 Å². The molecule has 0 aromatic rings. The van der Waals surface area contributed by atoms with Gasteiger partial charge in [-0.2, -0.15) is 0 Å². The fourth-order valence-electron chi connectivity index (χ4n) is 3.33. The second kappa shape index (κ2) is 8.98. The SMILES string of the molecule is CCCC[C@H](C(N)=O)C(CC1CCCC1)C(=O)NCC. The molecule has 1 aliphatic rings. The zero-order chi connectivity index (χ0) is 15.0. The van der Waals surface area contributed by atoms with Crippen LogP contribution in [-0.4, -0.2) is 18.4 Å². The Balaban J connectivity index is 2.75. The van der Waals surface area contributed by atoms with Gasteiger partial charge in [0.2, 0.25) is 11.8 Å². The number of amides is 2. The molecule has 0 radical (unpaired) electrons. The van der Waals surface area contributed by atoms with Gasteiger partial charge in [0.15, 0.2) is 0 Å². The van der Waals surface area contributed by atoms with Crippen molar-refractivity contribution in [3.8, 4) is 0 Å². The molecule has 0 bridgehead atoms. The van der Waals surface area contributed by atoms with Crippen LogP contribution in [0.5, 0.6) is 0 Å². The van der Waals surface area contributed by atoms with E-state index >= 15 is 0 Å². The van der Waals surface area contributed by atoms with E-state index in [2.05, 4.69) is 12.2 Å². The predicted molar refractivity (Wildman–Crippen MR) is 81.0 cm³/mol. The van der Waals surface area contributed by atoms with Crippen LogP contribution >= 0.6 is 0 Å². The molecule has 1 unspecified atom stereocenters.